The molecule has 2 atom stereocenters. The largest absolute Gasteiger partial charge is 0.364 e. The fourth-order valence-electron chi connectivity index (χ4n) is 2.12. The minimum Gasteiger partial charge on any atom is -0.364 e. The normalized spacial score (nSPS) is 22.2. The van der Waals surface area contributed by atoms with Crippen LogP contribution in [0.2, 0.25) is 5.02 Å². The number of sulfone groups is 1. The van der Waals surface area contributed by atoms with E-state index in [-0.39, 0.29) is 27.6 Å². The van der Waals surface area contributed by atoms with Crippen molar-refractivity contribution >= 4 is 33.0 Å². The quantitative estimate of drug-likeness (QED) is 0.863. The Balaban J connectivity index is 2.14. The molecular formula is C13H17ClN2O4S. The van der Waals surface area contributed by atoms with Gasteiger partial charge in [-0.1, -0.05) is 11.6 Å². The molecule has 2 rings (SSSR count). The van der Waals surface area contributed by atoms with E-state index >= 15 is 0 Å². The molecule has 0 saturated carbocycles. The molecule has 1 aliphatic rings. The first-order valence-corrected chi connectivity index (χ1v) is 8.74. The lowest BCUT2D eigenvalue weighted by Gasteiger charge is -2.14. The van der Waals surface area contributed by atoms with E-state index < -0.39 is 15.9 Å². The van der Waals surface area contributed by atoms with Crippen LogP contribution >= 0.6 is 11.6 Å². The summed E-state index contributed by atoms with van der Waals surface area (Å²) in [6.45, 7) is 0.369. The van der Waals surface area contributed by atoms with E-state index in [2.05, 4.69) is 5.32 Å². The van der Waals surface area contributed by atoms with E-state index in [0.717, 1.165) is 12.7 Å². The zero-order valence-corrected chi connectivity index (χ0v) is 13.1. The van der Waals surface area contributed by atoms with Crippen molar-refractivity contribution in [1.29, 1.82) is 0 Å². The molecule has 0 aliphatic carbocycles. The minimum absolute atomic E-state index is 0.0920. The van der Waals surface area contributed by atoms with Gasteiger partial charge in [0.15, 0.2) is 9.84 Å². The van der Waals surface area contributed by atoms with Gasteiger partial charge in [0, 0.05) is 12.8 Å². The zero-order valence-electron chi connectivity index (χ0n) is 11.5. The summed E-state index contributed by atoms with van der Waals surface area (Å²) in [5.41, 5.74) is 5.75. The van der Waals surface area contributed by atoms with Gasteiger partial charge in [-0.25, -0.2) is 8.42 Å². The predicted molar refractivity (Wildman–Crippen MR) is 80.1 cm³/mol. The van der Waals surface area contributed by atoms with Gasteiger partial charge in [-0.15, -0.1) is 0 Å². The molecule has 1 saturated heterocycles. The molecule has 0 radical (unpaired) electrons. The highest BCUT2D eigenvalue weighted by molar-refractivity contribution is 7.90. The maximum Gasteiger partial charge on any atom is 0.253 e. The number of anilines is 1. The van der Waals surface area contributed by atoms with E-state index in [1.165, 1.54) is 18.2 Å². The van der Waals surface area contributed by atoms with Crippen molar-refractivity contribution < 1.29 is 17.9 Å². The first-order valence-electron chi connectivity index (χ1n) is 6.47. The van der Waals surface area contributed by atoms with Crippen molar-refractivity contribution in [2.75, 3.05) is 18.1 Å². The average molecular weight is 333 g/mol. The fourth-order valence-corrected chi connectivity index (χ4v) is 2.93. The standard InChI is InChI=1S/C13H17ClN2O4S/c1-21(18,19)9-3-4-10(14)11(6-9)16-13(17)12-5-2-8(7-15)20-12/h3-4,6,8,12H,2,5,7,15H2,1H3,(H,16,17). The lowest BCUT2D eigenvalue weighted by atomic mass is 10.2. The van der Waals surface area contributed by atoms with Crippen molar-refractivity contribution in [3.63, 3.8) is 0 Å². The highest BCUT2D eigenvalue weighted by atomic mass is 35.5. The van der Waals surface area contributed by atoms with Gasteiger partial charge in [-0.2, -0.15) is 0 Å². The van der Waals surface area contributed by atoms with Crippen molar-refractivity contribution in [2.45, 2.75) is 29.9 Å². The SMILES string of the molecule is CS(=O)(=O)c1ccc(Cl)c(NC(=O)C2CCC(CN)O2)c1. The number of hydrogen-bond donors (Lipinski definition) is 2. The number of nitrogens with two attached hydrogens (primary N) is 1. The molecule has 8 heteroatoms. The molecule has 1 heterocycles. The Labute approximate surface area is 128 Å². The van der Waals surface area contributed by atoms with Crippen LogP contribution in [0.1, 0.15) is 12.8 Å². The predicted octanol–water partition coefficient (Wildman–Crippen LogP) is 1.19. The molecule has 0 bridgehead atoms. The molecule has 2 unspecified atom stereocenters. The molecule has 0 spiro atoms. The molecule has 1 aliphatic heterocycles. The number of ether oxygens (including phenoxy) is 1. The number of hydrogen-bond acceptors (Lipinski definition) is 5. The lowest BCUT2D eigenvalue weighted by molar-refractivity contribution is -0.126. The first kappa shape index (κ1) is 16.2. The number of halogens is 1. The van der Waals surface area contributed by atoms with Crippen LogP contribution in [0.15, 0.2) is 23.1 Å². The third-order valence-electron chi connectivity index (χ3n) is 3.29. The van der Waals surface area contributed by atoms with Gasteiger partial charge in [0.25, 0.3) is 5.91 Å². The monoisotopic (exact) mass is 332 g/mol. The summed E-state index contributed by atoms with van der Waals surface area (Å²) < 4.78 is 28.5. The van der Waals surface area contributed by atoms with Crippen LogP contribution in [0, 0.1) is 0 Å². The highest BCUT2D eigenvalue weighted by Gasteiger charge is 2.30. The van der Waals surface area contributed by atoms with Crippen LogP contribution in [0.3, 0.4) is 0 Å². The molecule has 0 aromatic heterocycles. The van der Waals surface area contributed by atoms with Crippen LogP contribution < -0.4 is 11.1 Å². The van der Waals surface area contributed by atoms with E-state index in [0.29, 0.717) is 13.0 Å². The molecule has 6 nitrogen and oxygen atoms in total. The Morgan fingerprint density at radius 2 is 2.19 bits per heavy atom. The molecule has 1 aromatic carbocycles. The lowest BCUT2D eigenvalue weighted by Crippen LogP contribution is -2.29. The second kappa shape index (κ2) is 6.31. The molecule has 21 heavy (non-hydrogen) atoms. The summed E-state index contributed by atoms with van der Waals surface area (Å²) in [6.07, 6.45) is 1.70. The minimum atomic E-state index is -3.37. The van der Waals surface area contributed by atoms with Gasteiger partial charge < -0.3 is 15.8 Å². The van der Waals surface area contributed by atoms with Crippen LogP contribution in [-0.2, 0) is 19.4 Å². The number of amides is 1. The van der Waals surface area contributed by atoms with Gasteiger partial charge in [0.1, 0.15) is 6.10 Å². The second-order valence-corrected chi connectivity index (χ2v) is 7.39. The van der Waals surface area contributed by atoms with E-state index in [1.807, 2.05) is 0 Å². The van der Waals surface area contributed by atoms with E-state index in [1.54, 1.807) is 0 Å². The third-order valence-corrected chi connectivity index (χ3v) is 4.73. The van der Waals surface area contributed by atoms with E-state index in [4.69, 9.17) is 22.1 Å². The topological polar surface area (TPSA) is 98.5 Å². The molecular weight excluding hydrogens is 316 g/mol. The fraction of sp³-hybridized carbons (Fsp3) is 0.462. The van der Waals surface area contributed by atoms with Crippen LogP contribution in [0.25, 0.3) is 0 Å². The van der Waals surface area contributed by atoms with Gasteiger partial charge in [-0.3, -0.25) is 4.79 Å². The maximum absolute atomic E-state index is 12.1. The molecule has 116 valence electrons. The van der Waals surface area contributed by atoms with Crippen LogP contribution in [0.5, 0.6) is 0 Å². The van der Waals surface area contributed by atoms with Gasteiger partial charge >= 0.3 is 0 Å². The van der Waals surface area contributed by atoms with Crippen molar-refractivity contribution in [3.05, 3.63) is 23.2 Å². The third kappa shape index (κ3) is 3.94. The number of carbonyl (C=O) groups is 1. The Morgan fingerprint density at radius 1 is 1.48 bits per heavy atom. The average Bonchev–Trinajstić information content (AvgIpc) is 2.88. The van der Waals surface area contributed by atoms with E-state index in [9.17, 15) is 13.2 Å². The van der Waals surface area contributed by atoms with Crippen molar-refractivity contribution in [1.82, 2.24) is 0 Å². The smallest absolute Gasteiger partial charge is 0.253 e. The Morgan fingerprint density at radius 3 is 2.76 bits per heavy atom. The summed E-state index contributed by atoms with van der Waals surface area (Å²) >= 11 is 5.98. The summed E-state index contributed by atoms with van der Waals surface area (Å²) in [5.74, 6) is -0.349. The summed E-state index contributed by atoms with van der Waals surface area (Å²) in [5, 5.41) is 2.88. The Hall–Kier alpha value is -1.15. The summed E-state index contributed by atoms with van der Waals surface area (Å²) in [7, 11) is -3.37. The molecule has 3 N–H and O–H groups in total. The van der Waals surface area contributed by atoms with Crippen LogP contribution in [-0.4, -0.2) is 39.3 Å². The van der Waals surface area contributed by atoms with Gasteiger partial charge in [-0.05, 0) is 31.0 Å². The highest BCUT2D eigenvalue weighted by Crippen LogP contribution is 2.27. The summed E-state index contributed by atoms with van der Waals surface area (Å²) in [4.78, 5) is 12.2. The number of rotatable bonds is 4. The van der Waals surface area contributed by atoms with Crippen LogP contribution in [0.4, 0.5) is 5.69 Å². The first-order chi connectivity index (χ1) is 9.81. The zero-order chi connectivity index (χ0) is 15.6. The summed E-state index contributed by atoms with van der Waals surface area (Å²) in [6, 6.07) is 4.17. The second-order valence-electron chi connectivity index (χ2n) is 4.96. The van der Waals surface area contributed by atoms with Crippen molar-refractivity contribution in [3.8, 4) is 0 Å². The number of nitrogens with one attached hydrogen (secondary N) is 1. The maximum atomic E-state index is 12.1. The molecule has 1 amide bonds. The number of benzene rings is 1. The van der Waals surface area contributed by atoms with Gasteiger partial charge in [0.05, 0.1) is 21.7 Å². The molecule has 1 fully saturated rings. The number of carbonyl (C=O) groups excluding carboxylic acids is 1. The van der Waals surface area contributed by atoms with Gasteiger partial charge in [0.2, 0.25) is 0 Å². The Bertz CT molecular complexity index is 648. The Kier molecular flexibility index (Phi) is 4.88. The molecule has 1 aromatic rings. The van der Waals surface area contributed by atoms with Crippen molar-refractivity contribution in [2.24, 2.45) is 5.73 Å².